The summed E-state index contributed by atoms with van der Waals surface area (Å²) in [5.74, 6) is 0. The molecule has 9 aromatic carbocycles. The Balaban J connectivity index is 1.03. The van der Waals surface area contributed by atoms with Crippen molar-refractivity contribution in [2.75, 3.05) is 9.80 Å². The summed E-state index contributed by atoms with van der Waals surface area (Å²) in [4.78, 5) is 4.88. The zero-order valence-electron chi connectivity index (χ0n) is 40.7. The number of halogens is 1. The minimum Gasteiger partial charge on any atom is -0.310 e. The van der Waals surface area contributed by atoms with Crippen molar-refractivity contribution in [1.82, 2.24) is 0 Å². The van der Waals surface area contributed by atoms with Crippen LogP contribution in [0.2, 0.25) is 5.02 Å². The summed E-state index contributed by atoms with van der Waals surface area (Å²) in [7, 11) is 0. The van der Waals surface area contributed by atoms with E-state index in [0.717, 1.165) is 34.1 Å². The van der Waals surface area contributed by atoms with Gasteiger partial charge in [-0.1, -0.05) is 188 Å². The Labute approximate surface area is 412 Å². The fourth-order valence-corrected chi connectivity index (χ4v) is 13.3. The van der Waals surface area contributed by atoms with E-state index in [1.165, 1.54) is 89.0 Å². The van der Waals surface area contributed by atoms with E-state index in [0.29, 0.717) is 5.02 Å². The highest BCUT2D eigenvalue weighted by Crippen LogP contribution is 2.56. The highest BCUT2D eigenvalue weighted by molar-refractivity contribution is 6.31. The molecule has 4 aliphatic carbocycles. The average molecular weight is 912 g/mol. The van der Waals surface area contributed by atoms with Crippen molar-refractivity contribution < 1.29 is 0 Å². The van der Waals surface area contributed by atoms with Gasteiger partial charge in [-0.25, -0.2) is 0 Å². The molecule has 0 N–H and O–H groups in total. The van der Waals surface area contributed by atoms with E-state index in [1.807, 2.05) is 0 Å². The summed E-state index contributed by atoms with van der Waals surface area (Å²) in [6.07, 6.45) is 0. The standard InChI is InChI=1S/C66H55ClN2/c1-63(2)55-21-13-9-17-47(55)51-29-25-41(36-59(51)63)68(42-26-30-52-48-18-10-14-22-56(48)64(3,4)60(52)37-42)45-33-40(67)34-46(35-45)69(43-27-31-53-49-19-11-15-23-57(49)65(5,6)61(53)38-43)44-28-32-54-50-20-12-16-24-58(50)66(7,8)62(54)39-44/h9-39H,1-8H3. The Morgan fingerprint density at radius 3 is 0.739 bits per heavy atom. The van der Waals surface area contributed by atoms with Gasteiger partial charge in [-0.3, -0.25) is 0 Å². The van der Waals surface area contributed by atoms with Gasteiger partial charge in [-0.05, 0) is 156 Å². The predicted octanol–water partition coefficient (Wildman–Crippen LogP) is 18.5. The van der Waals surface area contributed by atoms with Crippen LogP contribution in [0.5, 0.6) is 0 Å². The van der Waals surface area contributed by atoms with E-state index < -0.39 is 0 Å². The molecule has 3 heteroatoms. The van der Waals surface area contributed by atoms with Gasteiger partial charge in [-0.2, -0.15) is 0 Å². The van der Waals surface area contributed by atoms with Crippen LogP contribution in [0, 0.1) is 0 Å². The molecule has 0 spiro atoms. The molecule has 0 heterocycles. The van der Waals surface area contributed by atoms with E-state index in [4.69, 9.17) is 11.6 Å². The topological polar surface area (TPSA) is 6.48 Å². The fourth-order valence-electron chi connectivity index (χ4n) is 13.0. The summed E-state index contributed by atoms with van der Waals surface area (Å²) in [5.41, 5.74) is 26.9. The Hall–Kier alpha value is -7.13. The van der Waals surface area contributed by atoms with Gasteiger partial charge in [0.05, 0.1) is 0 Å². The zero-order chi connectivity index (χ0) is 47.4. The zero-order valence-corrected chi connectivity index (χ0v) is 41.4. The fraction of sp³-hybridized carbons (Fsp3) is 0.182. The summed E-state index contributed by atoms with van der Waals surface area (Å²) in [6.45, 7) is 18.9. The number of hydrogen-bond donors (Lipinski definition) is 0. The lowest BCUT2D eigenvalue weighted by Gasteiger charge is -2.32. The van der Waals surface area contributed by atoms with Gasteiger partial charge < -0.3 is 9.80 Å². The molecule has 2 nitrogen and oxygen atoms in total. The van der Waals surface area contributed by atoms with Crippen LogP contribution in [0.25, 0.3) is 44.5 Å². The van der Waals surface area contributed by atoms with Crippen LogP contribution in [0.1, 0.15) is 99.9 Å². The maximum Gasteiger partial charge on any atom is 0.0497 e. The molecule has 0 radical (unpaired) electrons. The van der Waals surface area contributed by atoms with Gasteiger partial charge in [0.15, 0.2) is 0 Å². The molecule has 0 bridgehead atoms. The van der Waals surface area contributed by atoms with Crippen molar-refractivity contribution in [1.29, 1.82) is 0 Å². The molecule has 9 aromatic rings. The molecular formula is C66H55ClN2. The summed E-state index contributed by atoms with van der Waals surface area (Å²) < 4.78 is 0. The summed E-state index contributed by atoms with van der Waals surface area (Å²) in [5, 5.41) is 0.670. The van der Waals surface area contributed by atoms with Gasteiger partial charge in [0.25, 0.3) is 0 Å². The Kier molecular flexibility index (Phi) is 8.80. The van der Waals surface area contributed by atoms with Gasteiger partial charge in [-0.15, -0.1) is 0 Å². The number of hydrogen-bond acceptors (Lipinski definition) is 2. The number of nitrogens with zero attached hydrogens (tertiary/aromatic N) is 2. The lowest BCUT2D eigenvalue weighted by molar-refractivity contribution is 0.659. The van der Waals surface area contributed by atoms with Crippen molar-refractivity contribution in [2.24, 2.45) is 0 Å². The molecule has 0 unspecified atom stereocenters. The van der Waals surface area contributed by atoms with E-state index in [1.54, 1.807) is 0 Å². The van der Waals surface area contributed by atoms with Crippen LogP contribution in [0.15, 0.2) is 188 Å². The highest BCUT2D eigenvalue weighted by atomic mass is 35.5. The first-order valence-electron chi connectivity index (χ1n) is 24.5. The predicted molar refractivity (Wildman–Crippen MR) is 291 cm³/mol. The third-order valence-corrected chi connectivity index (χ3v) is 16.9. The minimum absolute atomic E-state index is 0.173. The third kappa shape index (κ3) is 5.91. The highest BCUT2D eigenvalue weighted by Gasteiger charge is 2.40. The van der Waals surface area contributed by atoms with Gasteiger partial charge in [0.2, 0.25) is 0 Å². The van der Waals surface area contributed by atoms with Crippen LogP contribution < -0.4 is 9.80 Å². The Morgan fingerprint density at radius 2 is 0.478 bits per heavy atom. The van der Waals surface area contributed by atoms with E-state index in [2.05, 4.69) is 253 Å². The first-order chi connectivity index (χ1) is 33.1. The average Bonchev–Trinajstić information content (AvgIpc) is 3.91. The molecule has 0 atom stereocenters. The first kappa shape index (κ1) is 42.0. The molecule has 0 aromatic heterocycles. The number of rotatable bonds is 6. The minimum atomic E-state index is -0.173. The van der Waals surface area contributed by atoms with Crippen LogP contribution in [-0.2, 0) is 21.7 Å². The van der Waals surface area contributed by atoms with Crippen LogP contribution in [0.4, 0.5) is 34.1 Å². The smallest absolute Gasteiger partial charge is 0.0497 e. The van der Waals surface area contributed by atoms with E-state index >= 15 is 0 Å². The van der Waals surface area contributed by atoms with Crippen molar-refractivity contribution in [2.45, 2.75) is 77.0 Å². The molecule has 336 valence electrons. The maximum atomic E-state index is 7.53. The molecule has 13 rings (SSSR count). The Morgan fingerprint density at radius 1 is 0.246 bits per heavy atom. The molecule has 0 saturated heterocycles. The number of fused-ring (bicyclic) bond motifs is 12. The van der Waals surface area contributed by atoms with Crippen molar-refractivity contribution in [3.63, 3.8) is 0 Å². The van der Waals surface area contributed by atoms with Crippen LogP contribution in [-0.4, -0.2) is 0 Å². The molecular weight excluding hydrogens is 856 g/mol. The van der Waals surface area contributed by atoms with Gasteiger partial charge in [0.1, 0.15) is 0 Å². The lowest BCUT2D eigenvalue weighted by Crippen LogP contribution is -2.19. The second-order valence-corrected chi connectivity index (χ2v) is 22.4. The molecule has 4 aliphatic rings. The Bertz CT molecular complexity index is 3210. The normalized spacial score (nSPS) is 16.1. The number of anilines is 6. The maximum absolute atomic E-state index is 7.53. The molecule has 69 heavy (non-hydrogen) atoms. The van der Waals surface area contributed by atoms with Crippen LogP contribution in [0.3, 0.4) is 0 Å². The second kappa shape index (κ2) is 14.5. The van der Waals surface area contributed by atoms with E-state index in [-0.39, 0.29) is 21.7 Å². The molecule has 0 saturated carbocycles. The van der Waals surface area contributed by atoms with Crippen LogP contribution >= 0.6 is 11.6 Å². The van der Waals surface area contributed by atoms with E-state index in [9.17, 15) is 0 Å². The van der Waals surface area contributed by atoms with Crippen molar-refractivity contribution >= 4 is 45.7 Å². The molecule has 0 fully saturated rings. The van der Waals surface area contributed by atoms with Gasteiger partial charge >= 0.3 is 0 Å². The summed E-state index contributed by atoms with van der Waals surface area (Å²) in [6, 6.07) is 70.6. The summed E-state index contributed by atoms with van der Waals surface area (Å²) >= 11 is 7.53. The molecule has 0 amide bonds. The SMILES string of the molecule is CC1(C)c2ccccc2-c2ccc(N(c3cc(Cl)cc(N(c4ccc5c(c4)C(C)(C)c4ccccc4-5)c4ccc5c(c4)C(C)(C)c4ccccc4-5)c3)c3ccc4c(c3)C(C)(C)c3ccccc3-4)cc21. The quantitative estimate of drug-likeness (QED) is 0.164. The second-order valence-electron chi connectivity index (χ2n) is 21.9. The van der Waals surface area contributed by atoms with Crippen molar-refractivity contribution in [3.05, 3.63) is 238 Å². The monoisotopic (exact) mass is 910 g/mol. The lowest BCUT2D eigenvalue weighted by atomic mass is 9.82. The third-order valence-electron chi connectivity index (χ3n) is 16.7. The number of benzene rings is 9. The van der Waals surface area contributed by atoms with Crippen molar-refractivity contribution in [3.8, 4) is 44.5 Å². The van der Waals surface area contributed by atoms with Gasteiger partial charge in [0, 0.05) is 60.8 Å². The first-order valence-corrected chi connectivity index (χ1v) is 24.9. The molecule has 0 aliphatic heterocycles. The largest absolute Gasteiger partial charge is 0.310 e.